The van der Waals surface area contributed by atoms with E-state index in [2.05, 4.69) is 62.3 Å². The summed E-state index contributed by atoms with van der Waals surface area (Å²) in [7, 11) is 0. The molecule has 0 bridgehead atoms. The van der Waals surface area contributed by atoms with Crippen LogP contribution >= 0.6 is 0 Å². The molecule has 6 nitrogen and oxygen atoms in total. The molecule has 3 aromatic carbocycles. The number of carbonyl (C=O) groups excluding carboxylic acids is 1. The van der Waals surface area contributed by atoms with Gasteiger partial charge in [-0.1, -0.05) is 18.2 Å². The summed E-state index contributed by atoms with van der Waals surface area (Å²) in [5, 5.41) is 12.6. The Hall–Kier alpha value is -3.80. The fraction of sp³-hybridized carbons (Fsp3) is 0.259. The van der Waals surface area contributed by atoms with E-state index in [9.17, 15) is 4.79 Å². The van der Waals surface area contributed by atoms with Gasteiger partial charge in [0.15, 0.2) is 0 Å². The minimum Gasteiger partial charge on any atom is -0.456 e. The van der Waals surface area contributed by atoms with Crippen molar-refractivity contribution >= 4 is 24.0 Å². The molecule has 33 heavy (non-hydrogen) atoms. The lowest BCUT2D eigenvalue weighted by atomic mass is 9.74. The number of amides is 1. The van der Waals surface area contributed by atoms with Crippen molar-refractivity contribution in [1.29, 1.82) is 0 Å². The van der Waals surface area contributed by atoms with Crippen LogP contribution in [-0.2, 0) is 5.54 Å². The molecule has 1 amide bonds. The number of hydrogen-bond acceptors (Lipinski definition) is 5. The quantitative estimate of drug-likeness (QED) is 0.504. The van der Waals surface area contributed by atoms with Gasteiger partial charge in [-0.25, -0.2) is 5.01 Å². The van der Waals surface area contributed by atoms with Crippen LogP contribution in [0.1, 0.15) is 52.0 Å². The third-order valence-corrected chi connectivity index (χ3v) is 6.59. The third-order valence-electron chi connectivity index (χ3n) is 6.59. The molecule has 5 rings (SSSR count). The molecule has 168 valence electrons. The van der Waals surface area contributed by atoms with E-state index < -0.39 is 5.54 Å². The number of hydrazone groups is 1. The maximum atomic E-state index is 13.6. The molecule has 2 N–H and O–H groups in total. The van der Waals surface area contributed by atoms with E-state index in [0.717, 1.165) is 52.3 Å². The first kappa shape index (κ1) is 21.1. The van der Waals surface area contributed by atoms with Gasteiger partial charge in [0.2, 0.25) is 0 Å². The van der Waals surface area contributed by atoms with Crippen molar-refractivity contribution in [1.82, 2.24) is 5.01 Å². The van der Waals surface area contributed by atoms with E-state index in [-0.39, 0.29) is 5.91 Å². The maximum absolute atomic E-state index is 13.6. The van der Waals surface area contributed by atoms with Gasteiger partial charge < -0.3 is 15.4 Å². The van der Waals surface area contributed by atoms with Crippen molar-refractivity contribution < 1.29 is 9.53 Å². The fourth-order valence-electron chi connectivity index (χ4n) is 5.19. The lowest BCUT2D eigenvalue weighted by Crippen LogP contribution is -2.44. The zero-order chi connectivity index (χ0) is 23.3. The Morgan fingerprint density at radius 2 is 1.45 bits per heavy atom. The van der Waals surface area contributed by atoms with Gasteiger partial charge in [0, 0.05) is 65.6 Å². The van der Waals surface area contributed by atoms with Crippen LogP contribution in [0.5, 0.6) is 11.5 Å². The minimum absolute atomic E-state index is 0.166. The number of hydrogen-bond donors (Lipinski definition) is 2. The van der Waals surface area contributed by atoms with Crippen LogP contribution in [0.2, 0.25) is 0 Å². The normalized spacial score (nSPS) is 14.9. The Balaban J connectivity index is 1.91. The summed E-state index contributed by atoms with van der Waals surface area (Å²) in [5.41, 5.74) is 6.49. The number of anilines is 2. The molecule has 3 aromatic rings. The van der Waals surface area contributed by atoms with Crippen LogP contribution in [0.25, 0.3) is 0 Å². The first-order chi connectivity index (χ1) is 16.0. The van der Waals surface area contributed by atoms with Crippen molar-refractivity contribution in [2.45, 2.75) is 33.2 Å². The van der Waals surface area contributed by atoms with Crippen molar-refractivity contribution in [3.8, 4) is 11.5 Å². The Bertz CT molecular complexity index is 1240. The zero-order valence-electron chi connectivity index (χ0n) is 19.5. The van der Waals surface area contributed by atoms with E-state index in [0.29, 0.717) is 17.1 Å². The summed E-state index contributed by atoms with van der Waals surface area (Å²) in [6.07, 6.45) is 0. The van der Waals surface area contributed by atoms with Crippen LogP contribution in [0, 0.1) is 13.8 Å². The zero-order valence-corrected chi connectivity index (χ0v) is 19.5. The number of carbonyl (C=O) groups is 1. The Morgan fingerprint density at radius 1 is 0.909 bits per heavy atom. The number of ether oxygens (including phenoxy) is 1. The first-order valence-electron chi connectivity index (χ1n) is 11.3. The van der Waals surface area contributed by atoms with E-state index in [1.54, 1.807) is 0 Å². The SMILES string of the molecule is C=NN1C(=O)c2ccccc2C12c1cc(C)c(NCC)cc1Oc1cc(NCC)c(C)cc12. The molecule has 0 saturated carbocycles. The van der Waals surface area contributed by atoms with Crippen LogP contribution in [-0.4, -0.2) is 30.7 Å². The molecular formula is C27H28N4O2. The maximum Gasteiger partial charge on any atom is 0.275 e. The van der Waals surface area contributed by atoms with Crippen LogP contribution in [0.15, 0.2) is 53.6 Å². The second-order valence-electron chi connectivity index (χ2n) is 8.50. The summed E-state index contributed by atoms with van der Waals surface area (Å²) in [6.45, 7) is 13.7. The second kappa shape index (κ2) is 7.66. The highest BCUT2D eigenvalue weighted by Crippen LogP contribution is 2.58. The summed E-state index contributed by atoms with van der Waals surface area (Å²) in [5.74, 6) is 1.24. The minimum atomic E-state index is -0.955. The molecule has 0 saturated heterocycles. The molecule has 0 unspecified atom stereocenters. The van der Waals surface area contributed by atoms with Crippen LogP contribution < -0.4 is 15.4 Å². The van der Waals surface area contributed by atoms with Gasteiger partial charge in [-0.2, -0.15) is 5.10 Å². The molecule has 2 heterocycles. The monoisotopic (exact) mass is 440 g/mol. The van der Waals surface area contributed by atoms with Gasteiger partial charge in [0.25, 0.3) is 5.91 Å². The van der Waals surface area contributed by atoms with Crippen LogP contribution in [0.4, 0.5) is 11.4 Å². The lowest BCUT2D eigenvalue weighted by molar-refractivity contribution is 0.0676. The van der Waals surface area contributed by atoms with E-state index in [1.807, 2.05) is 36.4 Å². The topological polar surface area (TPSA) is 66.0 Å². The van der Waals surface area contributed by atoms with Gasteiger partial charge in [0.1, 0.15) is 17.0 Å². The predicted octanol–water partition coefficient (Wildman–Crippen LogP) is 5.64. The van der Waals surface area contributed by atoms with Crippen molar-refractivity contribution in [2.24, 2.45) is 5.10 Å². The Kier molecular flexibility index (Phi) is 4.89. The number of fused-ring (bicyclic) bond motifs is 6. The van der Waals surface area contributed by atoms with Gasteiger partial charge in [-0.3, -0.25) is 4.79 Å². The Labute approximate surface area is 194 Å². The molecule has 2 aliphatic heterocycles. The average Bonchev–Trinajstić information content (AvgIpc) is 3.06. The average molecular weight is 441 g/mol. The predicted molar refractivity (Wildman–Crippen MR) is 133 cm³/mol. The van der Waals surface area contributed by atoms with E-state index >= 15 is 0 Å². The molecule has 2 aliphatic rings. The highest BCUT2D eigenvalue weighted by molar-refractivity contribution is 6.02. The fourth-order valence-corrected chi connectivity index (χ4v) is 5.19. The summed E-state index contributed by atoms with van der Waals surface area (Å²) < 4.78 is 6.51. The summed E-state index contributed by atoms with van der Waals surface area (Å²) in [6, 6.07) is 16.0. The number of rotatable bonds is 5. The van der Waals surface area contributed by atoms with Gasteiger partial charge >= 0.3 is 0 Å². The van der Waals surface area contributed by atoms with Gasteiger partial charge in [0.05, 0.1) is 0 Å². The number of aryl methyl sites for hydroxylation is 2. The van der Waals surface area contributed by atoms with E-state index in [4.69, 9.17) is 4.74 Å². The third kappa shape index (κ3) is 2.80. The molecule has 0 aromatic heterocycles. The largest absolute Gasteiger partial charge is 0.456 e. The van der Waals surface area contributed by atoms with Crippen molar-refractivity contribution in [3.05, 3.63) is 81.9 Å². The number of benzene rings is 3. The molecule has 0 aliphatic carbocycles. The molecule has 0 fully saturated rings. The number of nitrogens with one attached hydrogen (secondary N) is 2. The standard InChI is InChI=1S/C27H28N4O2/c1-6-29-22-14-24-20(12-16(22)3)27(19-11-9-8-10-18(19)26(32)31(27)28-5)21-13-17(4)23(30-7-2)15-25(21)33-24/h8-15,29-30H,5-7H2,1-4H3. The first-order valence-corrected chi connectivity index (χ1v) is 11.3. The lowest BCUT2D eigenvalue weighted by Gasteiger charge is -2.42. The summed E-state index contributed by atoms with van der Waals surface area (Å²) >= 11 is 0. The smallest absolute Gasteiger partial charge is 0.275 e. The van der Waals surface area contributed by atoms with E-state index in [1.165, 1.54) is 5.01 Å². The number of nitrogens with zero attached hydrogens (tertiary/aromatic N) is 2. The van der Waals surface area contributed by atoms with Crippen molar-refractivity contribution in [3.63, 3.8) is 0 Å². The second-order valence-corrected chi connectivity index (χ2v) is 8.50. The molecule has 0 radical (unpaired) electrons. The Morgan fingerprint density at radius 3 is 1.97 bits per heavy atom. The highest BCUT2D eigenvalue weighted by Gasteiger charge is 2.57. The molecular weight excluding hydrogens is 412 g/mol. The molecule has 6 heteroatoms. The van der Waals surface area contributed by atoms with Gasteiger partial charge in [-0.05, 0) is 57.0 Å². The highest BCUT2D eigenvalue weighted by atomic mass is 16.5. The molecule has 0 atom stereocenters. The van der Waals surface area contributed by atoms with Crippen molar-refractivity contribution in [2.75, 3.05) is 23.7 Å². The summed E-state index contributed by atoms with van der Waals surface area (Å²) in [4.78, 5) is 13.6. The van der Waals surface area contributed by atoms with Gasteiger partial charge in [-0.15, -0.1) is 0 Å². The molecule has 1 spiro atoms. The van der Waals surface area contributed by atoms with Crippen LogP contribution in [0.3, 0.4) is 0 Å².